The fraction of sp³-hybridized carbons (Fsp3) is 0.314. The molecule has 8 heteroatoms. The van der Waals surface area contributed by atoms with Gasteiger partial charge in [-0.3, -0.25) is 9.59 Å². The topological polar surface area (TPSA) is 106 Å². The van der Waals surface area contributed by atoms with Crippen molar-refractivity contribution in [3.05, 3.63) is 99.5 Å². The lowest BCUT2D eigenvalue weighted by Crippen LogP contribution is -2.29. The number of hydrogen-bond donors (Lipinski definition) is 3. The van der Waals surface area contributed by atoms with E-state index in [1.54, 1.807) is 11.6 Å². The first-order valence-electron chi connectivity index (χ1n) is 14.7. The molecule has 1 unspecified atom stereocenters. The first-order chi connectivity index (χ1) is 20.6. The minimum absolute atomic E-state index is 0.00541. The number of nitrogens with one attached hydrogen (secondary N) is 2. The molecule has 1 atom stereocenters. The predicted molar refractivity (Wildman–Crippen MR) is 168 cm³/mol. The van der Waals surface area contributed by atoms with Crippen LogP contribution in [0.2, 0.25) is 0 Å². The zero-order valence-corrected chi connectivity index (χ0v) is 25.0. The van der Waals surface area contributed by atoms with E-state index in [9.17, 15) is 14.7 Å². The summed E-state index contributed by atoms with van der Waals surface area (Å²) in [5.41, 5.74) is 3.79. The molecule has 3 N–H and O–H groups in total. The molecule has 0 saturated carbocycles. The van der Waals surface area contributed by atoms with Gasteiger partial charge < -0.3 is 29.4 Å². The summed E-state index contributed by atoms with van der Waals surface area (Å²) >= 11 is 0. The lowest BCUT2D eigenvalue weighted by atomic mass is 9.84. The number of aryl methyl sites for hydroxylation is 1. The largest absolute Gasteiger partial charge is 0.507 e. The standard InChI is InChI=1S/C35H37N3O5/c1-35(2,3)20-28(39)36-17-16-22-21-10-5-7-13-25(21)37-31(22)29(24-12-9-15-27-33(24)43-19-18-42-27)30-32(40)23-11-6-8-14-26(23)38(4)34(30)41/h5-15,29,37,40H,16-20H2,1-4H3,(H,36,39). The zero-order valence-electron chi connectivity index (χ0n) is 25.0. The van der Waals surface area contributed by atoms with Crippen LogP contribution in [0, 0.1) is 5.41 Å². The first kappa shape index (κ1) is 28.4. The molecule has 0 fully saturated rings. The second kappa shape index (κ2) is 11.2. The molecule has 0 bridgehead atoms. The van der Waals surface area contributed by atoms with E-state index in [0.717, 1.165) is 22.2 Å². The van der Waals surface area contributed by atoms with Gasteiger partial charge in [0.15, 0.2) is 11.5 Å². The number of amides is 1. The third-order valence-corrected chi connectivity index (χ3v) is 8.03. The van der Waals surface area contributed by atoms with Gasteiger partial charge in [0.1, 0.15) is 19.0 Å². The van der Waals surface area contributed by atoms with E-state index < -0.39 is 5.92 Å². The van der Waals surface area contributed by atoms with E-state index in [1.807, 2.05) is 87.5 Å². The molecule has 5 aromatic rings. The number of hydrogen-bond acceptors (Lipinski definition) is 5. The van der Waals surface area contributed by atoms with Crippen molar-refractivity contribution in [3.8, 4) is 17.2 Å². The molecule has 1 aliphatic rings. The highest BCUT2D eigenvalue weighted by atomic mass is 16.6. The molecular formula is C35H37N3O5. The van der Waals surface area contributed by atoms with Crippen molar-refractivity contribution in [2.75, 3.05) is 19.8 Å². The Kier molecular flexibility index (Phi) is 7.38. The van der Waals surface area contributed by atoms with Gasteiger partial charge in [-0.1, -0.05) is 63.2 Å². The van der Waals surface area contributed by atoms with Crippen LogP contribution in [0.15, 0.2) is 71.5 Å². The Hall–Kier alpha value is -4.72. The van der Waals surface area contributed by atoms with Crippen LogP contribution in [-0.4, -0.2) is 40.3 Å². The SMILES string of the molecule is Cn1c(=O)c(C(c2cccc3c2OCCO3)c2[nH]c3ccccc3c2CCNC(=O)CC(C)(C)C)c(O)c2ccccc21. The van der Waals surface area contributed by atoms with Crippen molar-refractivity contribution < 1.29 is 19.4 Å². The van der Waals surface area contributed by atoms with Gasteiger partial charge in [-0.15, -0.1) is 0 Å². The lowest BCUT2D eigenvalue weighted by molar-refractivity contribution is -0.122. The molecule has 0 spiro atoms. The van der Waals surface area contributed by atoms with Crippen LogP contribution < -0.4 is 20.3 Å². The van der Waals surface area contributed by atoms with Crippen LogP contribution in [0.4, 0.5) is 0 Å². The molecule has 0 saturated heterocycles. The van der Waals surface area contributed by atoms with Gasteiger partial charge in [-0.05, 0) is 41.7 Å². The van der Waals surface area contributed by atoms with Crippen LogP contribution in [-0.2, 0) is 18.3 Å². The van der Waals surface area contributed by atoms with Crippen molar-refractivity contribution in [1.29, 1.82) is 0 Å². The monoisotopic (exact) mass is 579 g/mol. The summed E-state index contributed by atoms with van der Waals surface area (Å²) in [5, 5.41) is 16.5. The minimum atomic E-state index is -0.715. The normalized spacial score (nSPS) is 13.8. The average Bonchev–Trinajstić information content (AvgIpc) is 3.35. The number of para-hydroxylation sites is 3. The Labute approximate surface area is 250 Å². The summed E-state index contributed by atoms with van der Waals surface area (Å²) in [5.74, 6) is 0.359. The molecule has 222 valence electrons. The molecule has 1 aliphatic heterocycles. The number of fused-ring (bicyclic) bond motifs is 3. The van der Waals surface area contributed by atoms with E-state index in [4.69, 9.17) is 9.47 Å². The Morgan fingerprint density at radius 3 is 2.51 bits per heavy atom. The minimum Gasteiger partial charge on any atom is -0.507 e. The average molecular weight is 580 g/mol. The highest BCUT2D eigenvalue weighted by molar-refractivity contribution is 5.89. The maximum absolute atomic E-state index is 14.2. The molecule has 43 heavy (non-hydrogen) atoms. The van der Waals surface area contributed by atoms with Gasteiger partial charge >= 0.3 is 0 Å². The highest BCUT2D eigenvalue weighted by Gasteiger charge is 2.34. The molecule has 0 aliphatic carbocycles. The summed E-state index contributed by atoms with van der Waals surface area (Å²) in [6.45, 7) is 7.34. The molecule has 0 radical (unpaired) electrons. The molecular weight excluding hydrogens is 542 g/mol. The van der Waals surface area contributed by atoms with E-state index in [0.29, 0.717) is 60.6 Å². The van der Waals surface area contributed by atoms with Gasteiger partial charge in [0.05, 0.1) is 17.0 Å². The number of carbonyl (C=O) groups is 1. The number of H-pyrrole nitrogens is 1. The summed E-state index contributed by atoms with van der Waals surface area (Å²) in [7, 11) is 1.72. The number of carbonyl (C=O) groups excluding carboxylic acids is 1. The summed E-state index contributed by atoms with van der Waals surface area (Å²) < 4.78 is 13.7. The van der Waals surface area contributed by atoms with Gasteiger partial charge in [-0.2, -0.15) is 0 Å². The van der Waals surface area contributed by atoms with Crippen molar-refractivity contribution in [3.63, 3.8) is 0 Å². The summed E-state index contributed by atoms with van der Waals surface area (Å²) in [6.07, 6.45) is 0.942. The Balaban J connectivity index is 1.57. The lowest BCUT2D eigenvalue weighted by Gasteiger charge is -2.27. The van der Waals surface area contributed by atoms with E-state index in [2.05, 4.69) is 10.3 Å². The van der Waals surface area contributed by atoms with Gasteiger partial charge in [0, 0.05) is 47.6 Å². The van der Waals surface area contributed by atoms with Crippen molar-refractivity contribution >= 4 is 27.7 Å². The molecule has 6 rings (SSSR count). The third-order valence-electron chi connectivity index (χ3n) is 8.03. The first-order valence-corrected chi connectivity index (χ1v) is 14.7. The van der Waals surface area contributed by atoms with Crippen LogP contribution in [0.1, 0.15) is 55.5 Å². The smallest absolute Gasteiger partial charge is 0.258 e. The van der Waals surface area contributed by atoms with Crippen molar-refractivity contribution in [2.24, 2.45) is 12.5 Å². The predicted octanol–water partition coefficient (Wildman–Crippen LogP) is 5.77. The molecule has 2 aromatic heterocycles. The number of ether oxygens (including phenoxy) is 2. The van der Waals surface area contributed by atoms with Crippen LogP contribution >= 0.6 is 0 Å². The number of nitrogens with zero attached hydrogens (tertiary/aromatic N) is 1. The molecule has 8 nitrogen and oxygen atoms in total. The maximum atomic E-state index is 14.2. The number of aromatic nitrogens is 2. The second-order valence-electron chi connectivity index (χ2n) is 12.3. The van der Waals surface area contributed by atoms with Gasteiger partial charge in [-0.25, -0.2) is 0 Å². The van der Waals surface area contributed by atoms with E-state index in [-0.39, 0.29) is 28.2 Å². The van der Waals surface area contributed by atoms with Crippen LogP contribution in [0.3, 0.4) is 0 Å². The Morgan fingerprint density at radius 1 is 1.00 bits per heavy atom. The number of benzene rings is 3. The fourth-order valence-corrected chi connectivity index (χ4v) is 6.15. The number of rotatable bonds is 7. The van der Waals surface area contributed by atoms with E-state index in [1.165, 1.54) is 0 Å². The highest BCUT2D eigenvalue weighted by Crippen LogP contribution is 2.46. The van der Waals surface area contributed by atoms with Crippen molar-refractivity contribution in [1.82, 2.24) is 14.9 Å². The van der Waals surface area contributed by atoms with Crippen LogP contribution in [0.25, 0.3) is 21.8 Å². The molecule has 1 amide bonds. The zero-order chi connectivity index (χ0) is 30.3. The third kappa shape index (κ3) is 5.33. The Morgan fingerprint density at radius 2 is 1.72 bits per heavy atom. The van der Waals surface area contributed by atoms with Gasteiger partial charge in [0.2, 0.25) is 5.91 Å². The maximum Gasteiger partial charge on any atom is 0.258 e. The van der Waals surface area contributed by atoms with Gasteiger partial charge in [0.25, 0.3) is 5.56 Å². The molecule has 3 heterocycles. The quantitative estimate of drug-likeness (QED) is 0.227. The van der Waals surface area contributed by atoms with Crippen molar-refractivity contribution in [2.45, 2.75) is 39.5 Å². The number of pyridine rings is 1. The second-order valence-corrected chi connectivity index (χ2v) is 12.3. The summed E-state index contributed by atoms with van der Waals surface area (Å²) in [4.78, 5) is 30.5. The Bertz CT molecular complexity index is 1900. The molecule has 3 aromatic carbocycles. The number of aromatic amines is 1. The van der Waals surface area contributed by atoms with E-state index >= 15 is 0 Å². The fourth-order valence-electron chi connectivity index (χ4n) is 6.15. The number of aromatic hydroxyl groups is 1. The van der Waals surface area contributed by atoms with Crippen LogP contribution in [0.5, 0.6) is 17.2 Å². The summed E-state index contributed by atoms with van der Waals surface area (Å²) in [6, 6.07) is 21.0.